The molecule has 3 aromatic carbocycles. The third kappa shape index (κ3) is 4.14. The Morgan fingerprint density at radius 1 is 1.03 bits per heavy atom. The fourth-order valence-electron chi connectivity index (χ4n) is 4.29. The van der Waals surface area contributed by atoms with E-state index in [2.05, 4.69) is 10.3 Å². The average molecular weight is 488 g/mol. The van der Waals surface area contributed by atoms with Gasteiger partial charge in [-0.15, -0.1) is 0 Å². The van der Waals surface area contributed by atoms with Crippen LogP contribution in [0.15, 0.2) is 84.0 Å². The lowest BCUT2D eigenvalue weighted by Crippen LogP contribution is -2.35. The Morgan fingerprint density at radius 3 is 2.49 bits per heavy atom. The number of primary amides is 1. The Balaban J connectivity index is 1.48. The van der Waals surface area contributed by atoms with Gasteiger partial charge < -0.3 is 5.73 Å². The lowest BCUT2D eigenvalue weighted by Gasteiger charge is -2.24. The first kappa shape index (κ1) is 22.7. The van der Waals surface area contributed by atoms with Crippen molar-refractivity contribution in [2.45, 2.75) is 17.5 Å². The van der Waals surface area contributed by atoms with E-state index in [1.54, 1.807) is 77.6 Å². The highest BCUT2D eigenvalue weighted by atomic mass is 32.2. The third-order valence-corrected chi connectivity index (χ3v) is 6.94. The Hall–Kier alpha value is -4.12. The second kappa shape index (κ2) is 8.58. The minimum Gasteiger partial charge on any atom is -0.366 e. The van der Waals surface area contributed by atoms with E-state index in [1.807, 2.05) is 0 Å². The van der Waals surface area contributed by atoms with E-state index >= 15 is 0 Å². The van der Waals surface area contributed by atoms with Gasteiger partial charge in [0.15, 0.2) is 0 Å². The molecule has 1 aromatic heterocycles. The molecule has 1 atom stereocenters. The molecule has 5 N–H and O–H groups in total. The van der Waals surface area contributed by atoms with Crippen molar-refractivity contribution in [3.05, 3.63) is 102 Å². The van der Waals surface area contributed by atoms with Crippen molar-refractivity contribution in [2.24, 2.45) is 10.9 Å². The minimum absolute atomic E-state index is 0.0337. The molecule has 1 amide bonds. The highest BCUT2D eigenvalue weighted by molar-refractivity contribution is 7.89. The van der Waals surface area contributed by atoms with Crippen molar-refractivity contribution in [3.63, 3.8) is 0 Å². The van der Waals surface area contributed by atoms with Crippen LogP contribution in [0.3, 0.4) is 0 Å². The van der Waals surface area contributed by atoms with Gasteiger partial charge in [0.1, 0.15) is 12.0 Å². The Morgan fingerprint density at radius 2 is 1.77 bits per heavy atom. The first-order valence-electron chi connectivity index (χ1n) is 10.7. The predicted octanol–water partition coefficient (Wildman–Crippen LogP) is 2.31. The number of fused-ring (bicyclic) bond motifs is 1. The molecule has 9 nitrogen and oxygen atoms in total. The molecule has 5 rings (SSSR count). The zero-order chi connectivity index (χ0) is 24.7. The average Bonchev–Trinajstić information content (AvgIpc) is 3.29. The third-order valence-electron chi connectivity index (χ3n) is 5.97. The lowest BCUT2D eigenvalue weighted by molar-refractivity contribution is 0.0922. The summed E-state index contributed by atoms with van der Waals surface area (Å²) < 4.78 is 25.6. The number of nitrogens with two attached hydrogens (primary N) is 2. The van der Waals surface area contributed by atoms with Crippen LogP contribution in [0.2, 0.25) is 0 Å². The summed E-state index contributed by atoms with van der Waals surface area (Å²) in [4.78, 5) is 29.5. The predicted molar refractivity (Wildman–Crippen MR) is 129 cm³/mol. The maximum absolute atomic E-state index is 13.5. The number of carbonyl (C=O) groups is 2. The maximum atomic E-state index is 13.5. The number of nitrogens with one attached hydrogen (secondary N) is 1. The van der Waals surface area contributed by atoms with Crippen LogP contribution in [-0.2, 0) is 16.6 Å². The number of imidazole rings is 1. The molecular formula is C25H21N5O4S. The van der Waals surface area contributed by atoms with Crippen LogP contribution in [-0.4, -0.2) is 29.7 Å². The van der Waals surface area contributed by atoms with E-state index in [0.717, 1.165) is 5.56 Å². The number of rotatable bonds is 5. The van der Waals surface area contributed by atoms with Gasteiger partial charge in [0, 0.05) is 23.4 Å². The summed E-state index contributed by atoms with van der Waals surface area (Å²) >= 11 is 0. The molecule has 2 heterocycles. The molecule has 1 aliphatic rings. The molecule has 4 aromatic rings. The Kier molecular flexibility index (Phi) is 5.56. The van der Waals surface area contributed by atoms with Crippen molar-refractivity contribution in [1.29, 1.82) is 0 Å². The Labute approximate surface area is 201 Å². The second-order valence-corrected chi connectivity index (χ2v) is 9.70. The zero-order valence-electron chi connectivity index (χ0n) is 18.4. The molecule has 10 heteroatoms. The van der Waals surface area contributed by atoms with E-state index in [0.29, 0.717) is 40.3 Å². The summed E-state index contributed by atoms with van der Waals surface area (Å²) in [5, 5.41) is 8.58. The molecule has 35 heavy (non-hydrogen) atoms. The Bertz CT molecular complexity index is 1580. The van der Waals surface area contributed by atoms with Crippen molar-refractivity contribution >= 4 is 21.7 Å². The quantitative estimate of drug-likeness (QED) is 0.393. The number of amides is 1. The van der Waals surface area contributed by atoms with Crippen LogP contribution >= 0.6 is 0 Å². The van der Waals surface area contributed by atoms with E-state index in [9.17, 15) is 18.0 Å². The summed E-state index contributed by atoms with van der Waals surface area (Å²) in [7, 11) is -3.89. The topological polar surface area (TPSA) is 150 Å². The molecule has 0 spiro atoms. The van der Waals surface area contributed by atoms with Gasteiger partial charge in [-0.3, -0.25) is 19.5 Å². The van der Waals surface area contributed by atoms with Crippen molar-refractivity contribution in [1.82, 2.24) is 14.9 Å². The van der Waals surface area contributed by atoms with Gasteiger partial charge in [0.05, 0.1) is 16.6 Å². The van der Waals surface area contributed by atoms with Gasteiger partial charge in [-0.2, -0.15) is 0 Å². The van der Waals surface area contributed by atoms with E-state index in [1.165, 1.54) is 6.07 Å². The van der Waals surface area contributed by atoms with Gasteiger partial charge in [-0.1, -0.05) is 48.5 Å². The first-order chi connectivity index (χ1) is 16.7. The van der Waals surface area contributed by atoms with E-state index in [4.69, 9.17) is 10.9 Å². The molecule has 0 bridgehead atoms. The van der Waals surface area contributed by atoms with Gasteiger partial charge in [0.2, 0.25) is 21.7 Å². The monoisotopic (exact) mass is 487 g/mol. The number of Topliss-reactive ketones (excluding diaryl/α,β-unsaturated/α-hetero) is 1. The highest BCUT2D eigenvalue weighted by Crippen LogP contribution is 2.31. The smallest absolute Gasteiger partial charge is 0.248 e. The number of primary sulfonamides is 1. The van der Waals surface area contributed by atoms with Crippen molar-refractivity contribution in [2.75, 3.05) is 0 Å². The molecule has 0 saturated carbocycles. The van der Waals surface area contributed by atoms with Gasteiger partial charge in [-0.25, -0.2) is 18.5 Å². The number of nitrogens with zero attached hydrogens (tertiary/aromatic N) is 2. The molecule has 0 aliphatic carbocycles. The lowest BCUT2D eigenvalue weighted by atomic mass is 9.94. The molecule has 1 unspecified atom stereocenters. The van der Waals surface area contributed by atoms with Crippen LogP contribution in [0, 0.1) is 0 Å². The summed E-state index contributed by atoms with van der Waals surface area (Å²) in [6.07, 6.45) is 1.56. The molecule has 176 valence electrons. The second-order valence-electron chi connectivity index (χ2n) is 8.17. The summed E-state index contributed by atoms with van der Waals surface area (Å²) in [6, 6.07) is 19.7. The summed E-state index contributed by atoms with van der Waals surface area (Å²) in [5.74, 6) is -0.735. The maximum Gasteiger partial charge on any atom is 0.248 e. The SMILES string of the molecule is NC(=O)c1cccc(-n2cnc3c2C(=O)C(c2ccc(-c4ccccc4S(N)(=O)=O)cc2)NC3)c1. The highest BCUT2D eigenvalue weighted by Gasteiger charge is 2.32. The van der Waals surface area contributed by atoms with Gasteiger partial charge in [0.25, 0.3) is 0 Å². The van der Waals surface area contributed by atoms with Crippen molar-refractivity contribution in [3.8, 4) is 16.8 Å². The number of hydrogen-bond donors (Lipinski definition) is 3. The normalized spacial score (nSPS) is 15.6. The molecular weight excluding hydrogens is 466 g/mol. The molecule has 0 saturated heterocycles. The number of carbonyl (C=O) groups excluding carboxylic acids is 2. The molecule has 0 fully saturated rings. The molecule has 1 aliphatic heterocycles. The van der Waals surface area contributed by atoms with Crippen LogP contribution < -0.4 is 16.2 Å². The van der Waals surface area contributed by atoms with Gasteiger partial charge in [-0.05, 0) is 35.4 Å². The number of sulfonamides is 1. The fourth-order valence-corrected chi connectivity index (χ4v) is 5.05. The van der Waals surface area contributed by atoms with E-state index < -0.39 is 22.0 Å². The summed E-state index contributed by atoms with van der Waals surface area (Å²) in [5.41, 5.74) is 9.25. The largest absolute Gasteiger partial charge is 0.366 e. The first-order valence-corrected chi connectivity index (χ1v) is 12.2. The van der Waals surface area contributed by atoms with Crippen LogP contribution in [0.4, 0.5) is 0 Å². The van der Waals surface area contributed by atoms with Crippen LogP contribution in [0.25, 0.3) is 16.8 Å². The number of hydrogen-bond acceptors (Lipinski definition) is 6. The van der Waals surface area contributed by atoms with Crippen LogP contribution in [0.1, 0.15) is 38.1 Å². The zero-order valence-corrected chi connectivity index (χ0v) is 19.2. The van der Waals surface area contributed by atoms with Gasteiger partial charge >= 0.3 is 0 Å². The number of ketones is 1. The minimum atomic E-state index is -3.89. The van der Waals surface area contributed by atoms with E-state index in [-0.39, 0.29) is 10.7 Å². The standard InChI is InChI=1S/C25H21N5O4S/c26-25(32)17-4-3-5-18(12-17)30-14-29-20-13-28-22(24(31)23(20)30)16-10-8-15(9-11-16)19-6-1-2-7-21(19)35(27,33)34/h1-12,14,22,28H,13H2,(H2,26,32)(H2,27,33,34). The van der Waals surface area contributed by atoms with Crippen molar-refractivity contribution < 1.29 is 18.0 Å². The van der Waals surface area contributed by atoms with Crippen LogP contribution in [0.5, 0.6) is 0 Å². The summed E-state index contributed by atoms with van der Waals surface area (Å²) in [6.45, 7) is 0.379. The number of benzene rings is 3. The fraction of sp³-hybridized carbons (Fsp3) is 0.0800. The molecule has 0 radical (unpaired) electrons. The number of aromatic nitrogens is 2.